The van der Waals surface area contributed by atoms with E-state index in [0.717, 1.165) is 48.7 Å². The first-order chi connectivity index (χ1) is 13.2. The molecule has 0 saturated carbocycles. The summed E-state index contributed by atoms with van der Waals surface area (Å²) in [5, 5.41) is 13.4. The van der Waals surface area contributed by atoms with Crippen LogP contribution in [-0.2, 0) is 6.54 Å². The number of nitrogens with zero attached hydrogens (tertiary/aromatic N) is 1. The molecule has 0 aliphatic carbocycles. The van der Waals surface area contributed by atoms with Gasteiger partial charge in [0.25, 0.3) is 5.91 Å². The Morgan fingerprint density at radius 1 is 1.11 bits per heavy atom. The van der Waals surface area contributed by atoms with Crippen molar-refractivity contribution in [1.29, 1.82) is 0 Å². The molecule has 4 N–H and O–H groups in total. The van der Waals surface area contributed by atoms with E-state index < -0.39 is 0 Å². The molecule has 0 radical (unpaired) electrons. The molecule has 2 aromatic rings. The number of anilines is 2. The number of para-hydroxylation sites is 2. The molecule has 2 aromatic carbocycles. The number of nitrogens with one attached hydrogen (secondary N) is 4. The van der Waals surface area contributed by atoms with E-state index in [4.69, 9.17) is 4.99 Å². The number of piperidine rings is 1. The Morgan fingerprint density at radius 3 is 2.67 bits per heavy atom. The predicted octanol–water partition coefficient (Wildman–Crippen LogP) is 2.60. The number of carbonyl (C=O) groups is 1. The van der Waals surface area contributed by atoms with Crippen LogP contribution in [0.3, 0.4) is 0 Å². The first-order valence-electron chi connectivity index (χ1n) is 9.41. The Bertz CT molecular complexity index is 870. The normalized spacial score (nSPS) is 19.1. The highest BCUT2D eigenvalue weighted by molar-refractivity contribution is 6.09. The SMILES string of the molecule is CNC(=O)c1cccc(CN=C2Nc3ccccc3NC23CCNCC3)c1. The van der Waals surface area contributed by atoms with E-state index >= 15 is 0 Å². The van der Waals surface area contributed by atoms with Crippen molar-refractivity contribution in [2.75, 3.05) is 30.8 Å². The quantitative estimate of drug-likeness (QED) is 0.676. The summed E-state index contributed by atoms with van der Waals surface area (Å²) in [7, 11) is 1.64. The topological polar surface area (TPSA) is 77.5 Å². The smallest absolute Gasteiger partial charge is 0.251 e. The second-order valence-electron chi connectivity index (χ2n) is 7.07. The third kappa shape index (κ3) is 3.53. The number of amidine groups is 1. The van der Waals surface area contributed by atoms with Gasteiger partial charge in [-0.3, -0.25) is 9.79 Å². The van der Waals surface area contributed by atoms with Gasteiger partial charge in [-0.1, -0.05) is 24.3 Å². The molecule has 0 bridgehead atoms. The molecule has 0 aromatic heterocycles. The lowest BCUT2D eigenvalue weighted by Gasteiger charge is -2.44. The zero-order valence-electron chi connectivity index (χ0n) is 15.5. The van der Waals surface area contributed by atoms with Crippen molar-refractivity contribution in [3.63, 3.8) is 0 Å². The predicted molar refractivity (Wildman–Crippen MR) is 109 cm³/mol. The molecule has 6 heteroatoms. The zero-order chi connectivity index (χ0) is 18.7. The molecule has 4 rings (SSSR count). The Morgan fingerprint density at radius 2 is 1.89 bits per heavy atom. The fraction of sp³-hybridized carbons (Fsp3) is 0.333. The van der Waals surface area contributed by atoms with Crippen LogP contribution < -0.4 is 21.3 Å². The van der Waals surface area contributed by atoms with Crippen molar-refractivity contribution in [2.24, 2.45) is 4.99 Å². The lowest BCUT2D eigenvalue weighted by molar-refractivity contribution is 0.0963. The van der Waals surface area contributed by atoms with Crippen molar-refractivity contribution in [1.82, 2.24) is 10.6 Å². The van der Waals surface area contributed by atoms with Crippen molar-refractivity contribution in [3.05, 3.63) is 59.7 Å². The molecule has 0 atom stereocenters. The molecule has 1 amide bonds. The number of carbonyl (C=O) groups excluding carboxylic acids is 1. The third-order valence-electron chi connectivity index (χ3n) is 5.30. The molecule has 1 saturated heterocycles. The van der Waals surface area contributed by atoms with Crippen molar-refractivity contribution < 1.29 is 4.79 Å². The van der Waals surface area contributed by atoms with E-state index in [1.54, 1.807) is 7.05 Å². The van der Waals surface area contributed by atoms with E-state index in [9.17, 15) is 4.79 Å². The monoisotopic (exact) mass is 363 g/mol. The summed E-state index contributed by atoms with van der Waals surface area (Å²) in [4.78, 5) is 16.8. The Balaban J connectivity index is 1.63. The molecule has 2 aliphatic rings. The van der Waals surface area contributed by atoms with Gasteiger partial charge in [0.05, 0.1) is 23.5 Å². The number of fused-ring (bicyclic) bond motifs is 1. The standard InChI is InChI=1S/C21H25N5O/c1-22-19(27)16-6-4-5-15(13-16)14-24-20-21(9-11-23-12-10-21)26-18-8-3-2-7-17(18)25-20/h2-8,13,23,26H,9-12,14H2,1H3,(H,22,27)(H,24,25). The minimum absolute atomic E-state index is 0.0780. The second kappa shape index (κ2) is 7.40. The maximum Gasteiger partial charge on any atom is 0.251 e. The molecule has 140 valence electrons. The first-order valence-corrected chi connectivity index (χ1v) is 9.41. The van der Waals surface area contributed by atoms with Crippen molar-refractivity contribution in [2.45, 2.75) is 24.9 Å². The molecule has 1 spiro atoms. The largest absolute Gasteiger partial charge is 0.371 e. The molecule has 27 heavy (non-hydrogen) atoms. The lowest BCUT2D eigenvalue weighted by Crippen LogP contribution is -2.57. The number of benzene rings is 2. The van der Waals surface area contributed by atoms with Gasteiger partial charge in [0.1, 0.15) is 5.84 Å². The van der Waals surface area contributed by atoms with Crippen LogP contribution in [0.2, 0.25) is 0 Å². The molecule has 0 unspecified atom stereocenters. The van der Waals surface area contributed by atoms with Gasteiger partial charge in [0, 0.05) is 12.6 Å². The number of aliphatic imine (C=N–C) groups is 1. The fourth-order valence-electron chi connectivity index (χ4n) is 3.80. The Labute approximate surface area is 159 Å². The van der Waals surface area contributed by atoms with Crippen LogP contribution in [0.15, 0.2) is 53.5 Å². The van der Waals surface area contributed by atoms with Gasteiger partial charge >= 0.3 is 0 Å². The summed E-state index contributed by atoms with van der Waals surface area (Å²) in [5.41, 5.74) is 3.69. The third-order valence-corrected chi connectivity index (χ3v) is 5.30. The van der Waals surface area contributed by atoms with Gasteiger partial charge in [0.15, 0.2) is 0 Å². The Kier molecular flexibility index (Phi) is 4.81. The maximum absolute atomic E-state index is 11.9. The molecular weight excluding hydrogens is 338 g/mol. The molecule has 2 heterocycles. The van der Waals surface area contributed by atoms with Crippen molar-refractivity contribution >= 4 is 23.1 Å². The fourth-order valence-corrected chi connectivity index (χ4v) is 3.80. The average Bonchev–Trinajstić information content (AvgIpc) is 2.72. The highest BCUT2D eigenvalue weighted by Crippen LogP contribution is 2.35. The van der Waals surface area contributed by atoms with Crippen LogP contribution in [0.1, 0.15) is 28.8 Å². The Hall–Kier alpha value is -2.86. The van der Waals surface area contributed by atoms with Crippen molar-refractivity contribution in [3.8, 4) is 0 Å². The van der Waals surface area contributed by atoms with E-state index in [0.29, 0.717) is 12.1 Å². The van der Waals surface area contributed by atoms with Gasteiger partial charge in [-0.25, -0.2) is 0 Å². The molecule has 2 aliphatic heterocycles. The summed E-state index contributed by atoms with van der Waals surface area (Å²) in [6.45, 7) is 2.45. The van der Waals surface area contributed by atoms with E-state index in [-0.39, 0.29) is 11.4 Å². The first kappa shape index (κ1) is 17.5. The molecule has 6 nitrogen and oxygen atoms in total. The van der Waals surface area contributed by atoms with Gasteiger partial charge in [-0.2, -0.15) is 0 Å². The summed E-state index contributed by atoms with van der Waals surface area (Å²) < 4.78 is 0. The average molecular weight is 363 g/mol. The van der Waals surface area contributed by atoms with Crippen LogP contribution in [0, 0.1) is 0 Å². The molecular formula is C21H25N5O. The summed E-state index contributed by atoms with van der Waals surface area (Å²) in [6.07, 6.45) is 1.96. The van der Waals surface area contributed by atoms with Gasteiger partial charge < -0.3 is 21.3 Å². The minimum atomic E-state index is -0.169. The van der Waals surface area contributed by atoms with Crippen LogP contribution in [0.25, 0.3) is 0 Å². The highest BCUT2D eigenvalue weighted by atomic mass is 16.1. The van der Waals surface area contributed by atoms with Crippen LogP contribution in [0.5, 0.6) is 0 Å². The van der Waals surface area contributed by atoms with Gasteiger partial charge in [-0.05, 0) is 55.8 Å². The lowest BCUT2D eigenvalue weighted by atomic mass is 9.84. The van der Waals surface area contributed by atoms with E-state index in [1.165, 1.54) is 0 Å². The van der Waals surface area contributed by atoms with Crippen LogP contribution in [0.4, 0.5) is 11.4 Å². The summed E-state index contributed by atoms with van der Waals surface area (Å²) in [6, 6.07) is 15.9. The summed E-state index contributed by atoms with van der Waals surface area (Å²) in [5.74, 6) is 0.902. The van der Waals surface area contributed by atoms with Gasteiger partial charge in [0.2, 0.25) is 0 Å². The number of hydrogen-bond donors (Lipinski definition) is 4. The van der Waals surface area contributed by atoms with E-state index in [2.05, 4.69) is 39.5 Å². The zero-order valence-corrected chi connectivity index (χ0v) is 15.5. The maximum atomic E-state index is 11.9. The minimum Gasteiger partial charge on any atom is -0.371 e. The second-order valence-corrected chi connectivity index (χ2v) is 7.07. The number of amides is 1. The summed E-state index contributed by atoms with van der Waals surface area (Å²) >= 11 is 0. The van der Waals surface area contributed by atoms with E-state index in [1.807, 2.05) is 30.3 Å². The number of rotatable bonds is 3. The van der Waals surface area contributed by atoms with Gasteiger partial charge in [-0.15, -0.1) is 0 Å². The molecule has 1 fully saturated rings. The highest BCUT2D eigenvalue weighted by Gasteiger charge is 2.40. The van der Waals surface area contributed by atoms with Crippen LogP contribution >= 0.6 is 0 Å². The van der Waals surface area contributed by atoms with Crippen LogP contribution in [-0.4, -0.2) is 37.4 Å². The number of hydrogen-bond acceptors (Lipinski definition) is 4.